The van der Waals surface area contributed by atoms with Crippen molar-refractivity contribution in [3.63, 3.8) is 0 Å². The van der Waals surface area contributed by atoms with Crippen molar-refractivity contribution in [1.29, 1.82) is 0 Å². The molecule has 16 N–H and O–H groups in total. The highest BCUT2D eigenvalue weighted by molar-refractivity contribution is 6.13. The number of ketones is 4. The number of rotatable bonds is 23. The van der Waals surface area contributed by atoms with Crippen LogP contribution < -0.4 is 60.6 Å². The predicted molar refractivity (Wildman–Crippen MR) is 337 cm³/mol. The Labute approximate surface area is 545 Å². The lowest BCUT2D eigenvalue weighted by Crippen LogP contribution is -2.51. The fourth-order valence-corrected chi connectivity index (χ4v) is 8.60. The van der Waals surface area contributed by atoms with E-state index in [0.717, 1.165) is 37.1 Å². The first kappa shape index (κ1) is 75.5. The molecule has 1 aliphatic heterocycles. The lowest BCUT2D eigenvalue weighted by Gasteiger charge is -2.28. The number of unbranched alkanes of at least 4 members (excludes halogenated alkanes) is 1. The topological polar surface area (TPSA) is 374 Å². The van der Waals surface area contributed by atoms with Gasteiger partial charge in [-0.15, -0.1) is 0 Å². The summed E-state index contributed by atoms with van der Waals surface area (Å²) in [5.74, 6) is -3.27. The fraction of sp³-hybridized carbons (Fsp3) is 0.290. The molecular formula is C62H65F12N19O4. The molecule has 0 amide bonds. The molecule has 8 aromatic heterocycles. The van der Waals surface area contributed by atoms with Crippen molar-refractivity contribution in [2.24, 2.45) is 11.5 Å². The van der Waals surface area contributed by atoms with Crippen LogP contribution in [0.5, 0.6) is 0 Å². The minimum atomic E-state index is -4.72. The maximum absolute atomic E-state index is 13.3. The van der Waals surface area contributed by atoms with Gasteiger partial charge in [0.1, 0.15) is 63.5 Å². The average Bonchev–Trinajstić information content (AvgIpc) is 0.821. The van der Waals surface area contributed by atoms with Gasteiger partial charge in [-0.05, 0) is 143 Å². The molecule has 0 bridgehead atoms. The lowest BCUT2D eigenvalue weighted by molar-refractivity contribution is -0.138. The van der Waals surface area contributed by atoms with E-state index in [-0.39, 0.29) is 69.0 Å². The van der Waals surface area contributed by atoms with Crippen LogP contribution in [0.1, 0.15) is 111 Å². The minimum Gasteiger partial charge on any atom is -0.383 e. The summed E-state index contributed by atoms with van der Waals surface area (Å²) in [5, 5.41) is 17.5. The van der Waals surface area contributed by atoms with Crippen molar-refractivity contribution in [2.45, 2.75) is 56.9 Å². The molecule has 1 saturated heterocycles. The highest BCUT2D eigenvalue weighted by Crippen LogP contribution is 2.37. The van der Waals surface area contributed by atoms with Crippen molar-refractivity contribution >= 4 is 63.9 Å². The number of anilines is 7. The third kappa shape index (κ3) is 21.2. The Morgan fingerprint density at radius 1 is 0.433 bits per heavy atom. The number of nitrogens with two attached hydrogens (primary N) is 5. The van der Waals surface area contributed by atoms with E-state index < -0.39 is 92.9 Å². The number of aryl methyl sites for hydroxylation is 1. The molecule has 0 aliphatic carbocycles. The van der Waals surface area contributed by atoms with Gasteiger partial charge in [0.25, 0.3) is 0 Å². The standard InChI is InChI=1S/C17H19F3N4O.C15H14F3N5O.2C15H16F3N5O/c1-11-12(5-4-10-22-11)16(25)15-13(17(18,19)20)6-7-14(24-15)23-9-3-2-8-21;16-15(17,18)10-3-4-11(22-8-6-20-7-8)23-12(10)13(24)9-2-1-5-21-14(9)19;1-20-7-8-21-11-5-4-10(15(16,17)18)12(23-11)13(24)9-3-2-6-22-14(9)19;16-15(17,18)10-4-5-11(21-8-2-6-19)23-12(10)13(24)9-3-1-7-22-14(9)20/h4-7,10H,2-3,8-9,21H2,1H3,(H,23,24);1-5,8,20H,6-7H2,(H2,19,21)(H,22,23);2-6,20H,7-8H2,1H3,(H2,19,22)(H,21,23);1,3-5,7H,2,6,8,19H2,(H2,20,22)(H,21,23). The Morgan fingerprint density at radius 3 is 1.07 bits per heavy atom. The molecule has 9 rings (SSSR count). The number of alkyl halides is 12. The number of hydrogen-bond acceptors (Lipinski definition) is 23. The van der Waals surface area contributed by atoms with Gasteiger partial charge in [-0.2, -0.15) is 52.7 Å². The summed E-state index contributed by atoms with van der Waals surface area (Å²) in [6.07, 6.45) is -11.1. The third-order valence-corrected chi connectivity index (χ3v) is 13.6. The first-order chi connectivity index (χ1) is 45.9. The normalized spacial score (nSPS) is 12.2. The molecule has 0 radical (unpaired) electrons. The Bertz CT molecular complexity index is 3880. The second-order valence-corrected chi connectivity index (χ2v) is 20.6. The Balaban J connectivity index is 0.000000204. The molecule has 0 spiro atoms. The van der Waals surface area contributed by atoms with E-state index in [1.165, 1.54) is 97.6 Å². The molecule has 0 atom stereocenters. The maximum atomic E-state index is 13.3. The molecule has 0 saturated carbocycles. The van der Waals surface area contributed by atoms with Crippen LogP contribution in [0.25, 0.3) is 0 Å². The number of carbonyl (C=O) groups is 4. The van der Waals surface area contributed by atoms with Gasteiger partial charge in [-0.3, -0.25) is 24.2 Å². The zero-order valence-electron chi connectivity index (χ0n) is 51.5. The summed E-state index contributed by atoms with van der Waals surface area (Å²) in [6, 6.07) is 19.4. The summed E-state index contributed by atoms with van der Waals surface area (Å²) >= 11 is 0. The van der Waals surface area contributed by atoms with Crippen LogP contribution in [-0.4, -0.2) is 128 Å². The van der Waals surface area contributed by atoms with Crippen LogP contribution in [0.3, 0.4) is 0 Å². The van der Waals surface area contributed by atoms with Crippen molar-refractivity contribution < 1.29 is 71.9 Å². The van der Waals surface area contributed by atoms with Gasteiger partial charge in [0.2, 0.25) is 23.1 Å². The van der Waals surface area contributed by atoms with E-state index in [4.69, 9.17) is 28.7 Å². The van der Waals surface area contributed by atoms with E-state index in [1.807, 2.05) is 0 Å². The summed E-state index contributed by atoms with van der Waals surface area (Å²) in [7, 11) is 1.74. The van der Waals surface area contributed by atoms with Crippen LogP contribution in [0.15, 0.2) is 122 Å². The fourth-order valence-electron chi connectivity index (χ4n) is 8.60. The smallest absolute Gasteiger partial charge is 0.383 e. The number of carbonyl (C=O) groups excluding carboxylic acids is 4. The summed E-state index contributed by atoms with van der Waals surface area (Å²) in [6.45, 7) is 5.85. The zero-order valence-corrected chi connectivity index (χ0v) is 51.5. The van der Waals surface area contributed by atoms with Crippen molar-refractivity contribution in [2.75, 3.05) is 97.9 Å². The molecule has 0 aromatic carbocycles. The molecule has 35 heteroatoms. The molecule has 23 nitrogen and oxygen atoms in total. The molecule has 516 valence electrons. The first-order valence-corrected chi connectivity index (χ1v) is 29.2. The SMILES string of the molecule is CNCCNc1ccc(C(F)(F)F)c(C(=O)c2cccnc2N)n1.Cc1ncccc1C(=O)c1nc(NCCCCN)ccc1C(F)(F)F.NCCCNc1ccc(C(F)(F)F)c(C(=O)c2cccnc2N)n1.Nc1ncccc1C(=O)c1nc(NC2CNC2)ccc1C(F)(F)F. The van der Waals surface area contributed by atoms with E-state index in [9.17, 15) is 71.9 Å². The zero-order chi connectivity index (χ0) is 71.3. The second-order valence-electron chi connectivity index (χ2n) is 20.6. The second kappa shape index (κ2) is 34.2. The number of nitrogens with one attached hydrogen (secondary N) is 6. The minimum absolute atomic E-state index is 0.0700. The number of hydrogen-bond donors (Lipinski definition) is 11. The van der Waals surface area contributed by atoms with Crippen molar-refractivity contribution in [3.05, 3.63) is 195 Å². The summed E-state index contributed by atoms with van der Waals surface area (Å²) in [4.78, 5) is 80.7. The van der Waals surface area contributed by atoms with Crippen LogP contribution in [0, 0.1) is 6.92 Å². The summed E-state index contributed by atoms with van der Waals surface area (Å²) in [5.41, 5.74) is 20.5. The molecule has 9 heterocycles. The van der Waals surface area contributed by atoms with Gasteiger partial charge >= 0.3 is 24.7 Å². The molecule has 8 aromatic rings. The average molecular weight is 1370 g/mol. The molecule has 0 unspecified atom stereocenters. The predicted octanol–water partition coefficient (Wildman–Crippen LogP) is 8.89. The largest absolute Gasteiger partial charge is 0.418 e. The Morgan fingerprint density at radius 2 is 0.753 bits per heavy atom. The van der Waals surface area contributed by atoms with E-state index >= 15 is 0 Å². The van der Waals surface area contributed by atoms with Crippen molar-refractivity contribution in [3.8, 4) is 0 Å². The number of halogens is 12. The van der Waals surface area contributed by atoms with E-state index in [2.05, 4.69) is 71.8 Å². The first-order valence-electron chi connectivity index (χ1n) is 29.2. The van der Waals surface area contributed by atoms with Gasteiger partial charge in [-0.25, -0.2) is 34.9 Å². The third-order valence-electron chi connectivity index (χ3n) is 13.6. The highest BCUT2D eigenvalue weighted by atomic mass is 19.4. The summed E-state index contributed by atoms with van der Waals surface area (Å²) < 4.78 is 159. The van der Waals surface area contributed by atoms with Gasteiger partial charge in [0, 0.05) is 75.3 Å². The van der Waals surface area contributed by atoms with Crippen molar-refractivity contribution in [1.82, 2.24) is 50.5 Å². The van der Waals surface area contributed by atoms with E-state index in [1.54, 1.807) is 14.0 Å². The molecular weight excluding hydrogens is 1300 g/mol. The molecule has 1 aliphatic rings. The molecule has 97 heavy (non-hydrogen) atoms. The highest BCUT2D eigenvalue weighted by Gasteiger charge is 2.41. The molecule has 1 fully saturated rings. The van der Waals surface area contributed by atoms with Crippen LogP contribution in [0.4, 0.5) is 93.4 Å². The Kier molecular flexibility index (Phi) is 26.7. The Hall–Kier alpha value is -10.5. The lowest BCUT2D eigenvalue weighted by atomic mass is 10.0. The number of pyridine rings is 8. The van der Waals surface area contributed by atoms with E-state index in [0.29, 0.717) is 64.5 Å². The maximum Gasteiger partial charge on any atom is 0.418 e. The number of nitrogen functional groups attached to an aromatic ring is 3. The quantitative estimate of drug-likeness (QED) is 0.0162. The van der Waals surface area contributed by atoms with Gasteiger partial charge in [0.05, 0.1) is 45.0 Å². The monoisotopic (exact) mass is 1370 g/mol. The van der Waals surface area contributed by atoms with Gasteiger partial charge in [0.15, 0.2) is 0 Å². The number of nitrogens with zero attached hydrogens (tertiary/aromatic N) is 8. The van der Waals surface area contributed by atoms with Crippen LogP contribution in [0.2, 0.25) is 0 Å². The van der Waals surface area contributed by atoms with Crippen LogP contribution in [-0.2, 0) is 24.7 Å². The van der Waals surface area contributed by atoms with Crippen LogP contribution >= 0.6 is 0 Å². The number of aromatic nitrogens is 8. The van der Waals surface area contributed by atoms with Gasteiger partial charge < -0.3 is 60.6 Å². The number of likely N-dealkylation sites (N-methyl/N-ethyl adjacent to an activating group) is 1. The van der Waals surface area contributed by atoms with Gasteiger partial charge in [-0.1, -0.05) is 0 Å².